The summed E-state index contributed by atoms with van der Waals surface area (Å²) in [5, 5.41) is 11.4. The van der Waals surface area contributed by atoms with Crippen molar-refractivity contribution >= 4 is 17.6 Å². The SMILES string of the molecule is CC(C)(C(=O)[O-])c1ccc(Cl)cc1. The predicted molar refractivity (Wildman–Crippen MR) is 49.5 cm³/mol. The van der Waals surface area contributed by atoms with Gasteiger partial charge in [0, 0.05) is 10.4 Å². The molecule has 0 aromatic heterocycles. The Bertz CT molecular complexity index is 314. The predicted octanol–water partition coefficient (Wildman–Crippen LogP) is 1.37. The molecule has 0 fully saturated rings. The Balaban J connectivity index is 3.08. The molecule has 1 rings (SSSR count). The van der Waals surface area contributed by atoms with Gasteiger partial charge >= 0.3 is 0 Å². The van der Waals surface area contributed by atoms with E-state index in [1.54, 1.807) is 38.1 Å². The van der Waals surface area contributed by atoms with Crippen molar-refractivity contribution in [3.63, 3.8) is 0 Å². The van der Waals surface area contributed by atoms with Gasteiger partial charge in [0.1, 0.15) is 0 Å². The maximum absolute atomic E-state index is 10.8. The number of carboxylic acid groups (broad SMARTS) is 1. The van der Waals surface area contributed by atoms with Crippen molar-refractivity contribution in [2.45, 2.75) is 19.3 Å². The van der Waals surface area contributed by atoms with E-state index in [-0.39, 0.29) is 0 Å². The lowest BCUT2D eigenvalue weighted by Crippen LogP contribution is -2.41. The van der Waals surface area contributed by atoms with Crippen molar-refractivity contribution in [2.24, 2.45) is 0 Å². The number of rotatable bonds is 2. The quantitative estimate of drug-likeness (QED) is 0.719. The number of halogens is 1. The third kappa shape index (κ3) is 2.01. The Kier molecular flexibility index (Phi) is 2.62. The van der Waals surface area contributed by atoms with E-state index in [1.165, 1.54) is 0 Å². The molecule has 13 heavy (non-hydrogen) atoms. The molecule has 3 heteroatoms. The van der Waals surface area contributed by atoms with Gasteiger partial charge in [-0.3, -0.25) is 0 Å². The third-order valence-corrected chi connectivity index (χ3v) is 2.33. The lowest BCUT2D eigenvalue weighted by atomic mass is 9.85. The number of hydrogen-bond acceptors (Lipinski definition) is 2. The van der Waals surface area contributed by atoms with Gasteiger partial charge in [-0.15, -0.1) is 0 Å². The molecule has 0 atom stereocenters. The highest BCUT2D eigenvalue weighted by molar-refractivity contribution is 6.30. The van der Waals surface area contributed by atoms with Crippen LogP contribution in [0.15, 0.2) is 24.3 Å². The molecule has 0 aliphatic heterocycles. The number of carbonyl (C=O) groups is 1. The molecule has 0 aliphatic rings. The van der Waals surface area contributed by atoms with Crippen molar-refractivity contribution in [1.29, 1.82) is 0 Å². The van der Waals surface area contributed by atoms with E-state index in [2.05, 4.69) is 0 Å². The Morgan fingerprint density at radius 1 is 1.31 bits per heavy atom. The van der Waals surface area contributed by atoms with Crippen LogP contribution in [-0.2, 0) is 10.2 Å². The zero-order valence-electron chi connectivity index (χ0n) is 7.50. The van der Waals surface area contributed by atoms with E-state index in [4.69, 9.17) is 11.6 Å². The average Bonchev–Trinajstić information content (AvgIpc) is 2.04. The zero-order valence-corrected chi connectivity index (χ0v) is 8.26. The summed E-state index contributed by atoms with van der Waals surface area (Å²) in [5.74, 6) is -1.09. The van der Waals surface area contributed by atoms with Crippen molar-refractivity contribution in [2.75, 3.05) is 0 Å². The van der Waals surface area contributed by atoms with Crippen LogP contribution in [0.4, 0.5) is 0 Å². The van der Waals surface area contributed by atoms with Crippen LogP contribution in [0, 0.1) is 0 Å². The standard InChI is InChI=1S/C10H11ClO2/c1-10(2,9(12)13)7-3-5-8(11)6-4-7/h3-6H,1-2H3,(H,12,13)/p-1. The van der Waals surface area contributed by atoms with Gasteiger partial charge in [-0.05, 0) is 17.7 Å². The molecule has 0 N–H and O–H groups in total. The fourth-order valence-corrected chi connectivity index (χ4v) is 1.11. The Morgan fingerprint density at radius 3 is 2.15 bits per heavy atom. The van der Waals surface area contributed by atoms with Gasteiger partial charge in [0.15, 0.2) is 0 Å². The number of benzene rings is 1. The first kappa shape index (κ1) is 10.1. The van der Waals surface area contributed by atoms with E-state index >= 15 is 0 Å². The van der Waals surface area contributed by atoms with E-state index in [1.807, 2.05) is 0 Å². The largest absolute Gasteiger partial charge is 0.549 e. The van der Waals surface area contributed by atoms with Gasteiger partial charge in [-0.1, -0.05) is 37.6 Å². The molecule has 1 aromatic carbocycles. The molecule has 0 saturated heterocycles. The van der Waals surface area contributed by atoms with Crippen LogP contribution < -0.4 is 5.11 Å². The summed E-state index contributed by atoms with van der Waals surface area (Å²) < 4.78 is 0. The average molecular weight is 198 g/mol. The number of hydrogen-bond donors (Lipinski definition) is 0. The maximum atomic E-state index is 10.8. The third-order valence-electron chi connectivity index (χ3n) is 2.08. The van der Waals surface area contributed by atoms with Crippen LogP contribution in [0.3, 0.4) is 0 Å². The monoisotopic (exact) mass is 197 g/mol. The second kappa shape index (κ2) is 3.38. The maximum Gasteiger partial charge on any atom is 0.0514 e. The Labute approximate surface area is 82.2 Å². The van der Waals surface area contributed by atoms with Crippen LogP contribution >= 0.6 is 11.6 Å². The summed E-state index contributed by atoms with van der Waals surface area (Å²) in [6.07, 6.45) is 0. The highest BCUT2D eigenvalue weighted by atomic mass is 35.5. The van der Waals surface area contributed by atoms with Gasteiger partial charge in [0.25, 0.3) is 0 Å². The molecule has 1 aromatic rings. The van der Waals surface area contributed by atoms with Gasteiger partial charge in [0.05, 0.1) is 5.97 Å². The van der Waals surface area contributed by atoms with Crippen LogP contribution in [0.1, 0.15) is 19.4 Å². The molecule has 2 nitrogen and oxygen atoms in total. The Hall–Kier alpha value is -1.02. The van der Waals surface area contributed by atoms with Gasteiger partial charge < -0.3 is 9.90 Å². The fourth-order valence-electron chi connectivity index (χ4n) is 0.984. The summed E-state index contributed by atoms with van der Waals surface area (Å²) >= 11 is 5.68. The molecule has 0 amide bonds. The lowest BCUT2D eigenvalue weighted by molar-refractivity contribution is -0.312. The van der Waals surface area contributed by atoms with Crippen molar-refractivity contribution in [1.82, 2.24) is 0 Å². The van der Waals surface area contributed by atoms with Crippen molar-refractivity contribution in [3.8, 4) is 0 Å². The van der Waals surface area contributed by atoms with E-state index in [0.29, 0.717) is 10.6 Å². The second-order valence-electron chi connectivity index (χ2n) is 3.42. The highest BCUT2D eigenvalue weighted by Gasteiger charge is 2.21. The topological polar surface area (TPSA) is 40.1 Å². The molecule has 0 heterocycles. The van der Waals surface area contributed by atoms with Crippen LogP contribution in [0.5, 0.6) is 0 Å². The number of carboxylic acids is 1. The van der Waals surface area contributed by atoms with E-state index < -0.39 is 11.4 Å². The minimum absolute atomic E-state index is 0.595. The van der Waals surface area contributed by atoms with Crippen LogP contribution in [0.2, 0.25) is 5.02 Å². The first-order chi connectivity index (χ1) is 5.94. The first-order valence-electron chi connectivity index (χ1n) is 3.92. The summed E-state index contributed by atoms with van der Waals surface area (Å²) in [6.45, 7) is 3.21. The molecular formula is C10H10ClO2-. The molecule has 0 saturated carbocycles. The molecule has 0 aliphatic carbocycles. The Morgan fingerprint density at radius 2 is 1.77 bits per heavy atom. The number of aliphatic carboxylic acids is 1. The smallest absolute Gasteiger partial charge is 0.0514 e. The summed E-state index contributed by atoms with van der Waals surface area (Å²) in [5.41, 5.74) is -0.276. The van der Waals surface area contributed by atoms with Crippen LogP contribution in [0.25, 0.3) is 0 Å². The second-order valence-corrected chi connectivity index (χ2v) is 3.86. The van der Waals surface area contributed by atoms with Crippen LogP contribution in [-0.4, -0.2) is 5.97 Å². The van der Waals surface area contributed by atoms with Gasteiger partial charge in [-0.25, -0.2) is 0 Å². The summed E-state index contributed by atoms with van der Waals surface area (Å²) in [4.78, 5) is 10.8. The molecular weight excluding hydrogens is 188 g/mol. The minimum atomic E-state index is -1.09. The molecule has 0 bridgehead atoms. The number of carbonyl (C=O) groups excluding carboxylic acids is 1. The van der Waals surface area contributed by atoms with Crippen molar-refractivity contribution in [3.05, 3.63) is 34.9 Å². The van der Waals surface area contributed by atoms with E-state index in [0.717, 1.165) is 0 Å². The summed E-state index contributed by atoms with van der Waals surface area (Å²) in [6, 6.07) is 6.72. The first-order valence-corrected chi connectivity index (χ1v) is 4.30. The lowest BCUT2D eigenvalue weighted by Gasteiger charge is -2.26. The molecule has 0 spiro atoms. The fraction of sp³-hybridized carbons (Fsp3) is 0.300. The molecule has 0 unspecified atom stereocenters. The van der Waals surface area contributed by atoms with Gasteiger partial charge in [-0.2, -0.15) is 0 Å². The van der Waals surface area contributed by atoms with Crippen molar-refractivity contribution < 1.29 is 9.90 Å². The zero-order chi connectivity index (χ0) is 10.1. The highest BCUT2D eigenvalue weighted by Crippen LogP contribution is 2.23. The summed E-state index contributed by atoms with van der Waals surface area (Å²) in [7, 11) is 0. The van der Waals surface area contributed by atoms with Gasteiger partial charge in [0.2, 0.25) is 0 Å². The molecule has 0 radical (unpaired) electrons. The normalized spacial score (nSPS) is 11.3. The molecule has 70 valence electrons. The van der Waals surface area contributed by atoms with E-state index in [9.17, 15) is 9.90 Å². The minimum Gasteiger partial charge on any atom is -0.549 e.